The van der Waals surface area contributed by atoms with E-state index in [-0.39, 0.29) is 21.8 Å². The van der Waals surface area contributed by atoms with E-state index in [1.54, 1.807) is 19.1 Å². The summed E-state index contributed by atoms with van der Waals surface area (Å²) < 4.78 is 0. The molecular formula is C26H24N2O3. The second kappa shape index (κ2) is 6.77. The number of anilines is 1. The van der Waals surface area contributed by atoms with Crippen molar-refractivity contribution in [2.24, 2.45) is 5.41 Å². The molecule has 1 N–H and O–H groups in total. The Bertz CT molecular complexity index is 1300. The molecule has 0 fully saturated rings. The molecule has 0 unspecified atom stereocenters. The Morgan fingerprint density at radius 1 is 1.06 bits per heavy atom. The molecule has 0 saturated heterocycles. The molecule has 31 heavy (non-hydrogen) atoms. The van der Waals surface area contributed by atoms with Crippen LogP contribution < -0.4 is 5.32 Å². The monoisotopic (exact) mass is 412 g/mol. The van der Waals surface area contributed by atoms with Crippen molar-refractivity contribution in [1.82, 2.24) is 0 Å². The highest BCUT2D eigenvalue weighted by Gasteiger charge is 2.41. The third-order valence-corrected chi connectivity index (χ3v) is 6.50. The number of nitro groups is 1. The number of nitrogens with one attached hydrogen (secondary N) is 1. The average Bonchev–Trinajstić information content (AvgIpc) is 2.72. The van der Waals surface area contributed by atoms with E-state index in [1.165, 1.54) is 0 Å². The lowest BCUT2D eigenvalue weighted by molar-refractivity contribution is -0.385. The van der Waals surface area contributed by atoms with Gasteiger partial charge in [-0.2, -0.15) is 0 Å². The van der Waals surface area contributed by atoms with Crippen LogP contribution in [0.4, 0.5) is 11.4 Å². The van der Waals surface area contributed by atoms with Gasteiger partial charge in [-0.05, 0) is 46.7 Å². The maximum absolute atomic E-state index is 13.4. The quantitative estimate of drug-likeness (QED) is 0.392. The van der Waals surface area contributed by atoms with Gasteiger partial charge in [-0.3, -0.25) is 14.9 Å². The van der Waals surface area contributed by atoms with Gasteiger partial charge in [0.1, 0.15) is 0 Å². The van der Waals surface area contributed by atoms with E-state index in [0.29, 0.717) is 12.0 Å². The maximum Gasteiger partial charge on any atom is 0.272 e. The topological polar surface area (TPSA) is 72.2 Å². The molecule has 3 aromatic rings. The Labute approximate surface area is 180 Å². The molecule has 0 amide bonds. The number of carbonyl (C=O) groups excluding carboxylic acids is 1. The zero-order chi connectivity index (χ0) is 21.9. The van der Waals surface area contributed by atoms with Gasteiger partial charge in [0.15, 0.2) is 5.78 Å². The van der Waals surface area contributed by atoms with Gasteiger partial charge in [-0.25, -0.2) is 0 Å². The molecule has 2 aliphatic rings. The summed E-state index contributed by atoms with van der Waals surface area (Å²) in [5, 5.41) is 17.3. The van der Waals surface area contributed by atoms with Crippen LogP contribution in [0.1, 0.15) is 49.4 Å². The first kappa shape index (κ1) is 19.5. The zero-order valence-corrected chi connectivity index (χ0v) is 17.9. The molecule has 0 radical (unpaired) electrons. The van der Waals surface area contributed by atoms with Gasteiger partial charge in [-0.15, -0.1) is 0 Å². The van der Waals surface area contributed by atoms with Gasteiger partial charge in [-0.1, -0.05) is 56.3 Å². The molecule has 5 rings (SSSR count). The molecular weight excluding hydrogens is 388 g/mol. The van der Waals surface area contributed by atoms with Gasteiger partial charge in [0.2, 0.25) is 0 Å². The lowest BCUT2D eigenvalue weighted by Crippen LogP contribution is -2.33. The summed E-state index contributed by atoms with van der Waals surface area (Å²) in [4.78, 5) is 24.6. The van der Waals surface area contributed by atoms with Crippen molar-refractivity contribution in [3.8, 4) is 0 Å². The number of hydrogen-bond acceptors (Lipinski definition) is 4. The molecule has 5 heteroatoms. The second-order valence-electron chi connectivity index (χ2n) is 9.42. The molecule has 3 aromatic carbocycles. The highest BCUT2D eigenvalue weighted by Crippen LogP contribution is 2.52. The van der Waals surface area contributed by atoms with E-state index < -0.39 is 6.04 Å². The minimum absolute atomic E-state index is 0.0781. The van der Waals surface area contributed by atoms with Crippen molar-refractivity contribution in [2.75, 3.05) is 5.32 Å². The standard InChI is InChI=1S/C26H24N2O3/c1-15-8-9-17(12-21(15)28(30)31)25-24-19(13-26(2,3)14-22(24)29)23-18-7-5-4-6-16(18)10-11-20(23)27-25/h4-12,25,27H,13-14H2,1-3H3/t25-/m0/s1. The number of benzene rings is 3. The van der Waals surface area contributed by atoms with Gasteiger partial charge in [0, 0.05) is 34.9 Å². The number of hydrogen-bond donors (Lipinski definition) is 1. The van der Waals surface area contributed by atoms with Crippen molar-refractivity contribution in [2.45, 2.75) is 39.7 Å². The van der Waals surface area contributed by atoms with Crippen LogP contribution >= 0.6 is 0 Å². The number of rotatable bonds is 2. The summed E-state index contributed by atoms with van der Waals surface area (Å²) >= 11 is 0. The summed E-state index contributed by atoms with van der Waals surface area (Å²) in [5.41, 5.74) is 5.18. The van der Waals surface area contributed by atoms with E-state index in [0.717, 1.165) is 45.2 Å². The molecule has 1 aliphatic carbocycles. The highest BCUT2D eigenvalue weighted by atomic mass is 16.6. The zero-order valence-electron chi connectivity index (χ0n) is 17.9. The predicted octanol–water partition coefficient (Wildman–Crippen LogP) is 6.37. The first-order chi connectivity index (χ1) is 14.7. The summed E-state index contributed by atoms with van der Waals surface area (Å²) in [6, 6.07) is 17.2. The average molecular weight is 412 g/mol. The number of aryl methyl sites for hydroxylation is 1. The Morgan fingerprint density at radius 3 is 2.61 bits per heavy atom. The van der Waals surface area contributed by atoms with Crippen LogP contribution in [-0.4, -0.2) is 10.7 Å². The number of allylic oxidation sites excluding steroid dienone is 1. The fraction of sp³-hybridized carbons (Fsp3) is 0.269. The lowest BCUT2D eigenvalue weighted by Gasteiger charge is -2.40. The van der Waals surface area contributed by atoms with E-state index in [1.807, 2.05) is 18.2 Å². The Morgan fingerprint density at radius 2 is 1.84 bits per heavy atom. The number of nitro benzene ring substituents is 1. The minimum atomic E-state index is -0.397. The summed E-state index contributed by atoms with van der Waals surface area (Å²) in [7, 11) is 0. The molecule has 1 aliphatic heterocycles. The van der Waals surface area contributed by atoms with Crippen molar-refractivity contribution >= 4 is 33.5 Å². The molecule has 156 valence electrons. The van der Waals surface area contributed by atoms with Crippen molar-refractivity contribution in [3.05, 3.63) is 87.0 Å². The molecule has 5 nitrogen and oxygen atoms in total. The number of nitrogens with zero attached hydrogens (tertiary/aromatic N) is 1. The molecule has 0 spiro atoms. The van der Waals surface area contributed by atoms with Crippen LogP contribution in [0, 0.1) is 22.5 Å². The SMILES string of the molecule is Cc1ccc([C@@H]2Nc3ccc4ccccc4c3C3=C2C(=O)CC(C)(C)C3)cc1[N+](=O)[O-]. The van der Waals surface area contributed by atoms with Gasteiger partial charge in [0.05, 0.1) is 11.0 Å². The number of carbonyl (C=O) groups is 1. The first-order valence-electron chi connectivity index (χ1n) is 10.5. The minimum Gasteiger partial charge on any atom is -0.373 e. The van der Waals surface area contributed by atoms with Crippen LogP contribution in [0.3, 0.4) is 0 Å². The summed E-state index contributed by atoms with van der Waals surface area (Å²) in [6.45, 7) is 6.00. The number of Topliss-reactive ketones (excluding diaryl/α,β-unsaturated/α-hetero) is 1. The lowest BCUT2D eigenvalue weighted by atomic mass is 9.68. The fourth-order valence-corrected chi connectivity index (χ4v) is 5.09. The van der Waals surface area contributed by atoms with Gasteiger partial charge < -0.3 is 5.32 Å². The largest absolute Gasteiger partial charge is 0.373 e. The van der Waals surface area contributed by atoms with E-state index >= 15 is 0 Å². The first-order valence-corrected chi connectivity index (χ1v) is 10.5. The maximum atomic E-state index is 13.4. The molecule has 0 bridgehead atoms. The molecule has 1 heterocycles. The Kier molecular flexibility index (Phi) is 4.26. The molecule has 1 atom stereocenters. The van der Waals surface area contributed by atoms with E-state index in [2.05, 4.69) is 43.4 Å². The Balaban J connectivity index is 1.78. The third kappa shape index (κ3) is 3.12. The number of ketones is 1. The van der Waals surface area contributed by atoms with E-state index in [4.69, 9.17) is 0 Å². The van der Waals surface area contributed by atoms with Crippen LogP contribution in [0.2, 0.25) is 0 Å². The van der Waals surface area contributed by atoms with E-state index in [9.17, 15) is 14.9 Å². The normalized spacial score (nSPS) is 19.6. The second-order valence-corrected chi connectivity index (χ2v) is 9.42. The van der Waals surface area contributed by atoms with Crippen LogP contribution in [-0.2, 0) is 4.79 Å². The summed E-state index contributed by atoms with van der Waals surface area (Å²) in [6.07, 6.45) is 1.26. The third-order valence-electron chi connectivity index (χ3n) is 6.50. The molecule has 0 aromatic heterocycles. The van der Waals surface area contributed by atoms with Crippen molar-refractivity contribution in [3.63, 3.8) is 0 Å². The van der Waals surface area contributed by atoms with Crippen LogP contribution in [0.5, 0.6) is 0 Å². The van der Waals surface area contributed by atoms with Crippen molar-refractivity contribution in [1.29, 1.82) is 0 Å². The van der Waals surface area contributed by atoms with Crippen LogP contribution in [0.25, 0.3) is 16.3 Å². The number of fused-ring (bicyclic) bond motifs is 4. The predicted molar refractivity (Wildman–Crippen MR) is 123 cm³/mol. The Hall–Kier alpha value is -3.47. The molecule has 0 saturated carbocycles. The van der Waals surface area contributed by atoms with Crippen molar-refractivity contribution < 1.29 is 9.72 Å². The highest BCUT2D eigenvalue weighted by molar-refractivity contribution is 6.12. The van der Waals surface area contributed by atoms with Gasteiger partial charge >= 0.3 is 0 Å². The fourth-order valence-electron chi connectivity index (χ4n) is 5.09. The smallest absolute Gasteiger partial charge is 0.272 e. The van der Waals surface area contributed by atoms with Gasteiger partial charge in [0.25, 0.3) is 5.69 Å². The summed E-state index contributed by atoms with van der Waals surface area (Å²) in [5.74, 6) is 0.116. The van der Waals surface area contributed by atoms with Crippen LogP contribution in [0.15, 0.2) is 60.2 Å².